The molecule has 0 unspecified atom stereocenters. The average Bonchev–Trinajstić information content (AvgIpc) is 2.71. The van der Waals surface area contributed by atoms with Crippen LogP contribution in [-0.4, -0.2) is 62.2 Å². The maximum absolute atomic E-state index is 12.9. The Morgan fingerprint density at radius 1 is 0.625 bits per heavy atom. The Hall–Kier alpha value is -2.80. The molecule has 2 aromatic carbocycles. The summed E-state index contributed by atoms with van der Waals surface area (Å²) >= 11 is 0. The molecule has 10 nitrogen and oxygen atoms in total. The van der Waals surface area contributed by atoms with Crippen LogP contribution in [-0.2, 0) is 20.2 Å². The molecule has 0 radical (unpaired) electrons. The quantitative estimate of drug-likeness (QED) is 0.320. The molecule has 0 fully saturated rings. The third-order valence-electron chi connectivity index (χ3n) is 4.59. The highest BCUT2D eigenvalue weighted by Gasteiger charge is 2.30. The Bertz CT molecular complexity index is 1160. The molecular formula is C20H20O10S2. The summed E-state index contributed by atoms with van der Waals surface area (Å²) in [6.45, 7) is -0.00877. The zero-order chi connectivity index (χ0) is 23.5. The summed E-state index contributed by atoms with van der Waals surface area (Å²) in [6.07, 6.45) is 0.108. The molecule has 12 heteroatoms. The topological polar surface area (TPSA) is 161 Å². The van der Waals surface area contributed by atoms with E-state index in [0.717, 1.165) is 0 Å². The van der Waals surface area contributed by atoms with Crippen molar-refractivity contribution in [2.75, 3.05) is 24.7 Å². The third-order valence-corrected chi connectivity index (χ3v) is 6.20. The molecule has 2 aromatic rings. The fraction of sp³-hybridized carbons (Fsp3) is 0.300. The van der Waals surface area contributed by atoms with Crippen molar-refractivity contribution in [2.24, 2.45) is 0 Å². The van der Waals surface area contributed by atoms with E-state index in [1.165, 1.54) is 36.4 Å². The fourth-order valence-electron chi connectivity index (χ4n) is 3.15. The SMILES string of the molecule is O=C1c2ccc(OCCCS(=O)(=O)O)cc2C(=O)c2ccc(OCCCS(=O)(=O)O)cc21. The second-order valence-electron chi connectivity index (χ2n) is 7.05. The van der Waals surface area contributed by atoms with Crippen LogP contribution in [0, 0.1) is 0 Å². The first-order valence-electron chi connectivity index (χ1n) is 9.48. The highest BCUT2D eigenvalue weighted by molar-refractivity contribution is 7.86. The molecule has 0 saturated heterocycles. The Balaban J connectivity index is 1.72. The second kappa shape index (κ2) is 9.36. The lowest BCUT2D eigenvalue weighted by Gasteiger charge is -2.19. The summed E-state index contributed by atoms with van der Waals surface area (Å²) in [5.74, 6) is -1.14. The van der Waals surface area contributed by atoms with E-state index in [9.17, 15) is 26.4 Å². The minimum Gasteiger partial charge on any atom is -0.494 e. The van der Waals surface area contributed by atoms with E-state index >= 15 is 0 Å². The first kappa shape index (κ1) is 23.9. The van der Waals surface area contributed by atoms with E-state index in [-0.39, 0.29) is 59.8 Å². The average molecular weight is 485 g/mol. The molecule has 0 aromatic heterocycles. The van der Waals surface area contributed by atoms with Crippen molar-refractivity contribution < 1.29 is 45.0 Å². The number of ether oxygens (including phenoxy) is 2. The van der Waals surface area contributed by atoms with Crippen LogP contribution in [0.5, 0.6) is 11.5 Å². The van der Waals surface area contributed by atoms with Gasteiger partial charge in [0.1, 0.15) is 11.5 Å². The van der Waals surface area contributed by atoms with Crippen LogP contribution in [0.3, 0.4) is 0 Å². The molecule has 0 saturated carbocycles. The Morgan fingerprint density at radius 2 is 1.00 bits per heavy atom. The predicted octanol–water partition coefficient (Wildman–Crippen LogP) is 1.78. The molecule has 1 aliphatic rings. The minimum atomic E-state index is -4.09. The number of hydrogen-bond donors (Lipinski definition) is 2. The highest BCUT2D eigenvalue weighted by atomic mass is 32.2. The van der Waals surface area contributed by atoms with Crippen LogP contribution in [0.2, 0.25) is 0 Å². The highest BCUT2D eigenvalue weighted by Crippen LogP contribution is 2.32. The lowest BCUT2D eigenvalue weighted by atomic mass is 9.84. The largest absolute Gasteiger partial charge is 0.494 e. The van der Waals surface area contributed by atoms with Gasteiger partial charge in [-0.15, -0.1) is 0 Å². The van der Waals surface area contributed by atoms with Crippen LogP contribution in [0.1, 0.15) is 44.7 Å². The summed E-state index contributed by atoms with van der Waals surface area (Å²) in [5, 5.41) is 0. The van der Waals surface area contributed by atoms with Gasteiger partial charge in [-0.3, -0.25) is 18.7 Å². The van der Waals surface area contributed by atoms with Crippen LogP contribution in [0.25, 0.3) is 0 Å². The third kappa shape index (κ3) is 6.13. The number of rotatable bonds is 10. The molecule has 0 amide bonds. The maximum atomic E-state index is 12.9. The monoisotopic (exact) mass is 484 g/mol. The molecule has 172 valence electrons. The molecule has 32 heavy (non-hydrogen) atoms. The van der Waals surface area contributed by atoms with E-state index in [1.54, 1.807) is 0 Å². The number of hydrogen-bond acceptors (Lipinski definition) is 8. The van der Waals surface area contributed by atoms with Gasteiger partial charge >= 0.3 is 0 Å². The van der Waals surface area contributed by atoms with Crippen LogP contribution >= 0.6 is 0 Å². The van der Waals surface area contributed by atoms with E-state index in [1.807, 2.05) is 0 Å². The van der Waals surface area contributed by atoms with Gasteiger partial charge in [0.05, 0.1) is 24.7 Å². The summed E-state index contributed by atoms with van der Waals surface area (Å²) in [5.41, 5.74) is 0.654. The van der Waals surface area contributed by atoms with E-state index in [4.69, 9.17) is 18.6 Å². The van der Waals surface area contributed by atoms with Crippen molar-refractivity contribution >= 4 is 31.8 Å². The van der Waals surface area contributed by atoms with Crippen molar-refractivity contribution in [2.45, 2.75) is 12.8 Å². The zero-order valence-electron chi connectivity index (χ0n) is 16.7. The van der Waals surface area contributed by atoms with Gasteiger partial charge in [-0.2, -0.15) is 16.8 Å². The molecule has 1 aliphatic carbocycles. The Labute approximate surface area is 184 Å². The van der Waals surface area contributed by atoms with Gasteiger partial charge in [-0.05, 0) is 49.2 Å². The lowest BCUT2D eigenvalue weighted by Crippen LogP contribution is -2.21. The molecule has 0 spiro atoms. The van der Waals surface area contributed by atoms with Gasteiger partial charge in [-0.25, -0.2) is 0 Å². The van der Waals surface area contributed by atoms with E-state index in [2.05, 4.69) is 0 Å². The van der Waals surface area contributed by atoms with Crippen LogP contribution in [0.15, 0.2) is 36.4 Å². The van der Waals surface area contributed by atoms with Gasteiger partial charge in [0, 0.05) is 22.3 Å². The van der Waals surface area contributed by atoms with Gasteiger partial charge in [0.2, 0.25) is 0 Å². The second-order valence-corrected chi connectivity index (χ2v) is 10.2. The van der Waals surface area contributed by atoms with Crippen molar-refractivity contribution in [3.8, 4) is 11.5 Å². The molecule has 0 heterocycles. The predicted molar refractivity (Wildman–Crippen MR) is 113 cm³/mol. The number of ketones is 2. The van der Waals surface area contributed by atoms with Gasteiger partial charge in [0.25, 0.3) is 20.2 Å². The summed E-state index contributed by atoms with van der Waals surface area (Å²) in [7, 11) is -8.17. The summed E-state index contributed by atoms with van der Waals surface area (Å²) in [4.78, 5) is 25.8. The van der Waals surface area contributed by atoms with Gasteiger partial charge in [0.15, 0.2) is 11.6 Å². The van der Waals surface area contributed by atoms with E-state index in [0.29, 0.717) is 0 Å². The Kier molecular flexibility index (Phi) is 6.98. The van der Waals surface area contributed by atoms with Crippen molar-refractivity contribution in [3.05, 3.63) is 58.7 Å². The normalized spacial score (nSPS) is 13.4. The molecule has 3 rings (SSSR count). The number of benzene rings is 2. The number of carbonyl (C=O) groups is 2. The lowest BCUT2D eigenvalue weighted by molar-refractivity contribution is 0.0978. The molecular weight excluding hydrogens is 464 g/mol. The van der Waals surface area contributed by atoms with Gasteiger partial charge in [-0.1, -0.05) is 0 Å². The maximum Gasteiger partial charge on any atom is 0.264 e. The summed E-state index contributed by atoms with van der Waals surface area (Å²) in [6, 6.07) is 8.67. The number of fused-ring (bicyclic) bond motifs is 2. The van der Waals surface area contributed by atoms with Crippen molar-refractivity contribution in [1.82, 2.24) is 0 Å². The molecule has 0 atom stereocenters. The van der Waals surface area contributed by atoms with E-state index < -0.39 is 43.3 Å². The van der Waals surface area contributed by atoms with Crippen molar-refractivity contribution in [3.63, 3.8) is 0 Å². The molecule has 0 aliphatic heterocycles. The van der Waals surface area contributed by atoms with Crippen molar-refractivity contribution in [1.29, 1.82) is 0 Å². The fourth-order valence-corrected chi connectivity index (χ4v) is 4.12. The summed E-state index contributed by atoms with van der Waals surface area (Å²) < 4.78 is 71.3. The van der Waals surface area contributed by atoms with Gasteiger partial charge < -0.3 is 9.47 Å². The van der Waals surface area contributed by atoms with Crippen LogP contribution < -0.4 is 9.47 Å². The number of carbonyl (C=O) groups excluding carboxylic acids is 2. The molecule has 2 N–H and O–H groups in total. The standard InChI is InChI=1S/C20H20O10S2/c21-19-16-6-4-14(30-8-2-10-32(26,27)28)12-18(16)20(22)15-5-3-13(11-17(15)19)29-7-1-9-31(23,24)25/h3-6,11-12H,1-2,7-10H2,(H,23,24,25)(H,26,27,28). The smallest absolute Gasteiger partial charge is 0.264 e. The van der Waals surface area contributed by atoms with Crippen LogP contribution in [0.4, 0.5) is 0 Å². The first-order valence-corrected chi connectivity index (χ1v) is 12.7. The first-order chi connectivity index (χ1) is 14.9. The molecule has 0 bridgehead atoms. The minimum absolute atomic E-state index is 0.00438. The Morgan fingerprint density at radius 3 is 1.34 bits per heavy atom. The zero-order valence-corrected chi connectivity index (χ0v) is 18.3.